The third-order valence-electron chi connectivity index (χ3n) is 5.78. The Hall–Kier alpha value is -1.68. The van der Waals surface area contributed by atoms with Crippen LogP contribution < -0.4 is 4.90 Å². The van der Waals surface area contributed by atoms with Gasteiger partial charge in [0.2, 0.25) is 5.28 Å². The van der Waals surface area contributed by atoms with Gasteiger partial charge in [-0.3, -0.25) is 4.90 Å². The highest BCUT2D eigenvalue weighted by atomic mass is 35.5. The number of amides is 1. The van der Waals surface area contributed by atoms with Crippen LogP contribution in [0.2, 0.25) is 5.28 Å². The fraction of sp³-hybridized carbons (Fsp3) is 0.682. The predicted octanol–water partition coefficient (Wildman–Crippen LogP) is 4.01. The Kier molecular flexibility index (Phi) is 6.81. The molecular weight excluding hydrogens is 450 g/mol. The molecule has 32 heavy (non-hydrogen) atoms. The molecule has 4 rings (SSSR count). The molecule has 8 nitrogen and oxygen atoms in total. The zero-order valence-electron chi connectivity index (χ0n) is 19.4. The Balaban J connectivity index is 1.50. The van der Waals surface area contributed by atoms with E-state index in [0.717, 1.165) is 35.7 Å². The van der Waals surface area contributed by atoms with Crippen LogP contribution in [-0.4, -0.2) is 82.9 Å². The highest BCUT2D eigenvalue weighted by Crippen LogP contribution is 2.35. The van der Waals surface area contributed by atoms with Gasteiger partial charge in [-0.15, -0.1) is 11.3 Å². The van der Waals surface area contributed by atoms with Crippen LogP contribution >= 0.6 is 22.9 Å². The van der Waals surface area contributed by atoms with Crippen LogP contribution in [0.25, 0.3) is 10.2 Å². The fourth-order valence-electron chi connectivity index (χ4n) is 4.33. The van der Waals surface area contributed by atoms with Crippen LogP contribution in [-0.2, 0) is 16.0 Å². The lowest BCUT2D eigenvalue weighted by molar-refractivity contribution is -0.00942. The molecule has 2 aliphatic rings. The minimum atomic E-state index is -0.488. The van der Waals surface area contributed by atoms with Crippen molar-refractivity contribution in [2.45, 2.75) is 58.8 Å². The summed E-state index contributed by atoms with van der Waals surface area (Å²) in [7, 11) is 0. The van der Waals surface area contributed by atoms with Gasteiger partial charge in [0.25, 0.3) is 0 Å². The number of carbonyl (C=O) groups excluding carboxylic acids is 1. The summed E-state index contributed by atoms with van der Waals surface area (Å²) in [6.45, 7) is 15.1. The fourth-order valence-corrected chi connectivity index (χ4v) is 5.62. The summed E-state index contributed by atoms with van der Waals surface area (Å²) in [4.78, 5) is 29.3. The van der Waals surface area contributed by atoms with Gasteiger partial charge in [0.05, 0.1) is 23.4 Å². The number of halogens is 1. The lowest BCUT2D eigenvalue weighted by Gasteiger charge is -2.44. The molecule has 0 spiro atoms. The Morgan fingerprint density at radius 1 is 1.22 bits per heavy atom. The first kappa shape index (κ1) is 23.5. The highest BCUT2D eigenvalue weighted by Gasteiger charge is 2.34. The highest BCUT2D eigenvalue weighted by molar-refractivity contribution is 7.19. The summed E-state index contributed by atoms with van der Waals surface area (Å²) in [5, 5.41) is 0.274. The van der Waals surface area contributed by atoms with Crippen molar-refractivity contribution >= 4 is 45.1 Å². The molecule has 0 aliphatic carbocycles. The van der Waals surface area contributed by atoms with Gasteiger partial charge in [-0.1, -0.05) is 0 Å². The molecule has 2 fully saturated rings. The SMILES string of the molecule is C[C@@H]1CN(C(=O)OC(C)(C)C)C[C@H](C)N1Cc1cc2nc(Cl)nc(N3CCOCC3)c2s1. The number of aromatic nitrogens is 2. The standard InChI is InChI=1S/C22H32ClN5O3S/c1-14-11-27(21(29)31-22(3,4)5)12-15(2)28(14)13-16-10-17-18(32-16)19(25-20(23)24-17)26-6-8-30-9-7-26/h10,14-15H,6-9,11-13H2,1-5H3/t14-,15+. The van der Waals surface area contributed by atoms with E-state index in [2.05, 4.69) is 39.7 Å². The Morgan fingerprint density at radius 3 is 2.50 bits per heavy atom. The quantitative estimate of drug-likeness (QED) is 0.613. The van der Waals surface area contributed by atoms with Crippen LogP contribution in [0.4, 0.5) is 10.6 Å². The van der Waals surface area contributed by atoms with Crippen LogP contribution in [0.1, 0.15) is 39.5 Å². The van der Waals surface area contributed by atoms with E-state index in [4.69, 9.17) is 21.1 Å². The number of nitrogens with zero attached hydrogens (tertiary/aromatic N) is 5. The molecule has 0 N–H and O–H groups in total. The Morgan fingerprint density at radius 2 is 1.88 bits per heavy atom. The van der Waals surface area contributed by atoms with Crippen molar-refractivity contribution in [2.75, 3.05) is 44.3 Å². The number of carbonyl (C=O) groups is 1. The topological polar surface area (TPSA) is 71.0 Å². The molecule has 2 aromatic heterocycles. The molecule has 0 radical (unpaired) electrons. The number of thiophene rings is 1. The third kappa shape index (κ3) is 5.27. The molecule has 0 saturated carbocycles. The van der Waals surface area contributed by atoms with Gasteiger partial charge in [0.15, 0.2) is 5.82 Å². The summed E-state index contributed by atoms with van der Waals surface area (Å²) in [5.41, 5.74) is 0.400. The summed E-state index contributed by atoms with van der Waals surface area (Å²) in [6, 6.07) is 2.55. The molecule has 2 aliphatic heterocycles. The van der Waals surface area contributed by atoms with Gasteiger partial charge in [0.1, 0.15) is 5.60 Å². The van der Waals surface area contributed by atoms with Gasteiger partial charge in [-0.25, -0.2) is 9.78 Å². The summed E-state index contributed by atoms with van der Waals surface area (Å²) in [5.74, 6) is 0.899. The molecule has 1 amide bonds. The van der Waals surface area contributed by atoms with E-state index in [1.165, 1.54) is 4.88 Å². The third-order valence-corrected chi connectivity index (χ3v) is 7.05. The zero-order chi connectivity index (χ0) is 23.0. The lowest BCUT2D eigenvalue weighted by Crippen LogP contribution is -2.58. The second kappa shape index (κ2) is 9.29. The number of hydrogen-bond acceptors (Lipinski definition) is 8. The van der Waals surface area contributed by atoms with Crippen molar-refractivity contribution in [2.24, 2.45) is 0 Å². The molecule has 2 aromatic rings. The van der Waals surface area contributed by atoms with E-state index in [-0.39, 0.29) is 23.5 Å². The summed E-state index contributed by atoms with van der Waals surface area (Å²) in [6.07, 6.45) is -0.238. The van der Waals surface area contributed by atoms with Gasteiger partial charge in [-0.05, 0) is 52.3 Å². The average molecular weight is 482 g/mol. The summed E-state index contributed by atoms with van der Waals surface area (Å²) >= 11 is 7.97. The van der Waals surface area contributed by atoms with Crippen molar-refractivity contribution in [1.82, 2.24) is 19.8 Å². The zero-order valence-corrected chi connectivity index (χ0v) is 21.0. The van der Waals surface area contributed by atoms with Crippen molar-refractivity contribution in [3.05, 3.63) is 16.2 Å². The normalized spacial score (nSPS) is 23.1. The minimum absolute atomic E-state index is 0.213. The molecule has 4 heterocycles. The average Bonchev–Trinajstić information content (AvgIpc) is 3.11. The summed E-state index contributed by atoms with van der Waals surface area (Å²) < 4.78 is 12.1. The van der Waals surface area contributed by atoms with Gasteiger partial charge in [-0.2, -0.15) is 4.98 Å². The molecule has 0 bridgehead atoms. The van der Waals surface area contributed by atoms with E-state index >= 15 is 0 Å². The van der Waals surface area contributed by atoms with Crippen LogP contribution in [0.5, 0.6) is 0 Å². The first-order chi connectivity index (χ1) is 15.1. The van der Waals surface area contributed by atoms with Gasteiger partial charge < -0.3 is 19.3 Å². The predicted molar refractivity (Wildman–Crippen MR) is 128 cm³/mol. The molecule has 0 aromatic carbocycles. The number of hydrogen-bond donors (Lipinski definition) is 0. The van der Waals surface area contributed by atoms with Crippen molar-refractivity contribution in [1.29, 1.82) is 0 Å². The maximum atomic E-state index is 12.6. The first-order valence-corrected chi connectivity index (χ1v) is 12.3. The van der Waals surface area contributed by atoms with Gasteiger partial charge in [0, 0.05) is 49.7 Å². The van der Waals surface area contributed by atoms with Crippen LogP contribution in [0.15, 0.2) is 6.07 Å². The number of morpholine rings is 1. The van der Waals surface area contributed by atoms with Crippen LogP contribution in [0.3, 0.4) is 0 Å². The van der Waals surface area contributed by atoms with E-state index in [9.17, 15) is 4.79 Å². The molecule has 2 saturated heterocycles. The van der Waals surface area contributed by atoms with Crippen molar-refractivity contribution < 1.29 is 14.3 Å². The Bertz CT molecular complexity index is 960. The number of ether oxygens (including phenoxy) is 2. The molecule has 10 heteroatoms. The molecular formula is C22H32ClN5O3S. The maximum absolute atomic E-state index is 12.6. The van der Waals surface area contributed by atoms with Crippen molar-refractivity contribution in [3.63, 3.8) is 0 Å². The van der Waals surface area contributed by atoms with Gasteiger partial charge >= 0.3 is 6.09 Å². The van der Waals surface area contributed by atoms with E-state index in [0.29, 0.717) is 26.3 Å². The maximum Gasteiger partial charge on any atom is 0.410 e. The molecule has 0 unspecified atom stereocenters. The number of piperazine rings is 1. The largest absolute Gasteiger partial charge is 0.444 e. The number of anilines is 1. The second-order valence-electron chi connectivity index (χ2n) is 9.60. The molecule has 176 valence electrons. The van der Waals surface area contributed by atoms with E-state index < -0.39 is 5.60 Å². The second-order valence-corrected chi connectivity index (χ2v) is 11.1. The van der Waals surface area contributed by atoms with Crippen molar-refractivity contribution in [3.8, 4) is 0 Å². The number of fused-ring (bicyclic) bond motifs is 1. The monoisotopic (exact) mass is 481 g/mol. The lowest BCUT2D eigenvalue weighted by atomic mass is 10.1. The van der Waals surface area contributed by atoms with E-state index in [1.807, 2.05) is 25.7 Å². The number of rotatable bonds is 3. The first-order valence-electron chi connectivity index (χ1n) is 11.1. The smallest absolute Gasteiger partial charge is 0.410 e. The Labute approximate surface area is 198 Å². The van der Waals surface area contributed by atoms with E-state index in [1.54, 1.807) is 11.3 Å². The van der Waals surface area contributed by atoms with Crippen LogP contribution in [0, 0.1) is 0 Å². The molecule has 2 atom stereocenters. The minimum Gasteiger partial charge on any atom is -0.444 e.